The predicted molar refractivity (Wildman–Crippen MR) is 122 cm³/mol. The molecule has 3 unspecified atom stereocenters. The third-order valence-electron chi connectivity index (χ3n) is 5.87. The van der Waals surface area contributed by atoms with Gasteiger partial charge in [0.1, 0.15) is 4.83 Å². The van der Waals surface area contributed by atoms with Crippen LogP contribution in [0.2, 0.25) is 5.28 Å². The first-order valence-corrected chi connectivity index (χ1v) is 12.0. The molecular formula is C22H32ClN3O3S. The molecule has 1 aliphatic carbocycles. The number of ether oxygens (including phenoxy) is 2. The second-order valence-corrected chi connectivity index (χ2v) is 9.61. The minimum Gasteiger partial charge on any atom is -0.474 e. The van der Waals surface area contributed by atoms with E-state index in [-0.39, 0.29) is 23.3 Å². The van der Waals surface area contributed by atoms with E-state index in [0.717, 1.165) is 47.9 Å². The quantitative estimate of drug-likeness (QED) is 0.363. The molecule has 0 aromatic carbocycles. The molecule has 0 bridgehead atoms. The number of esters is 1. The van der Waals surface area contributed by atoms with Gasteiger partial charge in [-0.1, -0.05) is 6.92 Å². The highest BCUT2D eigenvalue weighted by Gasteiger charge is 2.32. The summed E-state index contributed by atoms with van der Waals surface area (Å²) in [5.41, 5.74) is 1.15. The molecule has 3 rings (SSSR count). The molecule has 1 aliphatic rings. The average molecular weight is 454 g/mol. The first-order chi connectivity index (χ1) is 14.3. The van der Waals surface area contributed by atoms with Crippen LogP contribution in [0.4, 0.5) is 0 Å². The Balaban J connectivity index is 1.84. The summed E-state index contributed by atoms with van der Waals surface area (Å²) in [4.78, 5) is 25.3. The summed E-state index contributed by atoms with van der Waals surface area (Å²) < 4.78 is 11.5. The fraction of sp³-hybridized carbons (Fsp3) is 0.682. The van der Waals surface area contributed by atoms with Crippen LogP contribution in [0.25, 0.3) is 10.2 Å². The lowest BCUT2D eigenvalue weighted by atomic mass is 9.97. The number of hydrogen-bond donors (Lipinski definition) is 0. The van der Waals surface area contributed by atoms with E-state index in [4.69, 9.17) is 21.1 Å². The molecule has 30 heavy (non-hydrogen) atoms. The smallest absolute Gasteiger partial charge is 0.306 e. The van der Waals surface area contributed by atoms with E-state index >= 15 is 0 Å². The van der Waals surface area contributed by atoms with Crippen molar-refractivity contribution in [3.8, 4) is 5.88 Å². The lowest BCUT2D eigenvalue weighted by molar-refractivity contribution is -0.143. The van der Waals surface area contributed by atoms with Gasteiger partial charge in [-0.25, -0.2) is 4.98 Å². The summed E-state index contributed by atoms with van der Waals surface area (Å²) in [6.45, 7) is 6.52. The van der Waals surface area contributed by atoms with Crippen LogP contribution in [-0.2, 0) is 16.0 Å². The molecule has 2 heterocycles. The van der Waals surface area contributed by atoms with Crippen molar-refractivity contribution in [2.24, 2.45) is 0 Å². The first kappa shape index (κ1) is 23.2. The number of halogens is 1. The number of aromatic nitrogens is 2. The first-order valence-electron chi connectivity index (χ1n) is 10.8. The second kappa shape index (κ2) is 10.2. The number of hydrogen-bond acceptors (Lipinski definition) is 7. The molecule has 0 saturated carbocycles. The number of aryl methyl sites for hydroxylation is 1. The van der Waals surface area contributed by atoms with E-state index in [1.165, 1.54) is 4.88 Å². The van der Waals surface area contributed by atoms with Crippen molar-refractivity contribution in [1.29, 1.82) is 0 Å². The maximum atomic E-state index is 12.1. The molecular weight excluding hydrogens is 422 g/mol. The lowest BCUT2D eigenvalue weighted by Gasteiger charge is -2.24. The highest BCUT2D eigenvalue weighted by Crippen LogP contribution is 2.47. The van der Waals surface area contributed by atoms with Gasteiger partial charge in [-0.15, -0.1) is 11.3 Å². The Labute approximate surface area is 187 Å². The topological polar surface area (TPSA) is 64.5 Å². The molecule has 2 aromatic heterocycles. The van der Waals surface area contributed by atoms with Crippen LogP contribution in [0.1, 0.15) is 69.2 Å². The van der Waals surface area contributed by atoms with Crippen LogP contribution in [0.15, 0.2) is 0 Å². The lowest BCUT2D eigenvalue weighted by Crippen LogP contribution is -2.28. The van der Waals surface area contributed by atoms with Gasteiger partial charge in [-0.2, -0.15) is 4.98 Å². The molecule has 0 N–H and O–H groups in total. The van der Waals surface area contributed by atoms with E-state index in [1.807, 2.05) is 6.92 Å². The van der Waals surface area contributed by atoms with Crippen molar-refractivity contribution in [1.82, 2.24) is 14.9 Å². The third kappa shape index (κ3) is 5.24. The highest BCUT2D eigenvalue weighted by molar-refractivity contribution is 7.19. The predicted octanol–water partition coefficient (Wildman–Crippen LogP) is 5.22. The van der Waals surface area contributed by atoms with Crippen molar-refractivity contribution in [3.05, 3.63) is 15.7 Å². The van der Waals surface area contributed by atoms with E-state index in [9.17, 15) is 4.79 Å². The minimum atomic E-state index is -0.158. The standard InChI is InChI=1S/C22H32ClN3O3S/c1-6-15(26(4)5)10-8-13(3)29-20-19-18-14(12-17(27)28-7-2)9-11-16(18)30-21(19)25-22(23)24-20/h13-15H,6-12H2,1-5H3. The van der Waals surface area contributed by atoms with Gasteiger partial charge < -0.3 is 14.4 Å². The monoisotopic (exact) mass is 453 g/mol. The summed E-state index contributed by atoms with van der Waals surface area (Å²) in [6.07, 6.45) is 5.36. The number of thiophene rings is 1. The van der Waals surface area contributed by atoms with Crippen LogP contribution in [0.5, 0.6) is 5.88 Å². The van der Waals surface area contributed by atoms with Crippen LogP contribution in [-0.4, -0.2) is 53.7 Å². The van der Waals surface area contributed by atoms with Crippen molar-refractivity contribution in [2.75, 3.05) is 20.7 Å². The summed E-state index contributed by atoms with van der Waals surface area (Å²) in [6, 6.07) is 0.532. The summed E-state index contributed by atoms with van der Waals surface area (Å²) in [7, 11) is 4.23. The molecule has 166 valence electrons. The van der Waals surface area contributed by atoms with Gasteiger partial charge in [0, 0.05) is 10.9 Å². The normalized spacial score (nSPS) is 17.9. The van der Waals surface area contributed by atoms with Crippen molar-refractivity contribution < 1.29 is 14.3 Å². The molecule has 0 fully saturated rings. The fourth-order valence-corrected chi connectivity index (χ4v) is 5.77. The summed E-state index contributed by atoms with van der Waals surface area (Å²) >= 11 is 7.84. The Kier molecular flexibility index (Phi) is 7.93. The van der Waals surface area contributed by atoms with Gasteiger partial charge in [-0.3, -0.25) is 4.79 Å². The van der Waals surface area contributed by atoms with Crippen LogP contribution < -0.4 is 4.74 Å². The number of rotatable bonds is 10. The van der Waals surface area contributed by atoms with Crippen molar-refractivity contribution >= 4 is 39.1 Å². The molecule has 0 radical (unpaired) electrons. The molecule has 3 atom stereocenters. The molecule has 8 heteroatoms. The highest BCUT2D eigenvalue weighted by atomic mass is 35.5. The van der Waals surface area contributed by atoms with Crippen LogP contribution in [0, 0.1) is 0 Å². The fourth-order valence-electron chi connectivity index (χ4n) is 4.29. The Hall–Kier alpha value is -1.44. The number of carbonyl (C=O) groups is 1. The molecule has 0 spiro atoms. The van der Waals surface area contributed by atoms with Gasteiger partial charge in [0.2, 0.25) is 11.2 Å². The van der Waals surface area contributed by atoms with E-state index in [0.29, 0.717) is 24.9 Å². The van der Waals surface area contributed by atoms with Gasteiger partial charge in [0.25, 0.3) is 0 Å². The molecule has 0 aliphatic heterocycles. The Bertz CT molecular complexity index is 886. The molecule has 0 amide bonds. The van der Waals surface area contributed by atoms with E-state index in [1.54, 1.807) is 11.3 Å². The van der Waals surface area contributed by atoms with E-state index in [2.05, 4.69) is 42.8 Å². The van der Waals surface area contributed by atoms with Gasteiger partial charge >= 0.3 is 5.97 Å². The maximum Gasteiger partial charge on any atom is 0.306 e. The average Bonchev–Trinajstić information content (AvgIpc) is 3.21. The Morgan fingerprint density at radius 1 is 1.30 bits per heavy atom. The van der Waals surface area contributed by atoms with Crippen LogP contribution in [0.3, 0.4) is 0 Å². The van der Waals surface area contributed by atoms with Gasteiger partial charge in [0.15, 0.2) is 0 Å². The number of fused-ring (bicyclic) bond motifs is 3. The number of carbonyl (C=O) groups excluding carboxylic acids is 1. The SMILES string of the molecule is CCOC(=O)CC1CCc2sc3nc(Cl)nc(OC(C)CCC(CC)N(C)C)c3c21. The molecule has 6 nitrogen and oxygen atoms in total. The zero-order chi connectivity index (χ0) is 21.8. The third-order valence-corrected chi connectivity index (χ3v) is 7.20. The molecule has 0 saturated heterocycles. The van der Waals surface area contributed by atoms with Crippen molar-refractivity contribution in [2.45, 2.75) is 77.4 Å². The summed E-state index contributed by atoms with van der Waals surface area (Å²) in [5, 5.41) is 1.13. The Morgan fingerprint density at radius 3 is 2.73 bits per heavy atom. The number of nitrogens with zero attached hydrogens (tertiary/aromatic N) is 3. The Morgan fingerprint density at radius 2 is 2.07 bits per heavy atom. The molecule has 2 aromatic rings. The van der Waals surface area contributed by atoms with Gasteiger partial charge in [-0.05, 0) is 83.1 Å². The second-order valence-electron chi connectivity index (χ2n) is 8.19. The summed E-state index contributed by atoms with van der Waals surface area (Å²) in [5.74, 6) is 0.506. The van der Waals surface area contributed by atoms with Gasteiger partial charge in [0.05, 0.1) is 24.5 Å². The van der Waals surface area contributed by atoms with Crippen molar-refractivity contribution in [3.63, 3.8) is 0 Å². The van der Waals surface area contributed by atoms with Crippen LogP contribution >= 0.6 is 22.9 Å². The zero-order valence-electron chi connectivity index (χ0n) is 18.5. The minimum absolute atomic E-state index is 0.00799. The largest absolute Gasteiger partial charge is 0.474 e. The van der Waals surface area contributed by atoms with E-state index < -0.39 is 0 Å². The zero-order valence-corrected chi connectivity index (χ0v) is 20.1. The maximum absolute atomic E-state index is 12.1.